The zero-order valence-corrected chi connectivity index (χ0v) is 10.8. The van der Waals surface area contributed by atoms with Crippen molar-refractivity contribution < 1.29 is 4.79 Å². The van der Waals surface area contributed by atoms with Crippen molar-refractivity contribution in [1.82, 2.24) is 5.43 Å². The van der Waals surface area contributed by atoms with Crippen molar-refractivity contribution in [1.29, 1.82) is 0 Å². The maximum atomic E-state index is 11.8. The van der Waals surface area contributed by atoms with Gasteiger partial charge in [0, 0.05) is 10.5 Å². The molecule has 0 atom stereocenters. The van der Waals surface area contributed by atoms with Crippen LogP contribution in [0.25, 0.3) is 0 Å². The second kappa shape index (κ2) is 6.12. The van der Waals surface area contributed by atoms with E-state index in [0.717, 1.165) is 5.69 Å². The van der Waals surface area contributed by atoms with Gasteiger partial charge in [-0.1, -0.05) is 18.2 Å². The monoisotopic (exact) mass is 258 g/mol. The summed E-state index contributed by atoms with van der Waals surface area (Å²) in [7, 11) is 0. The Morgan fingerprint density at radius 3 is 2.28 bits per heavy atom. The van der Waals surface area contributed by atoms with E-state index in [1.165, 1.54) is 4.90 Å². The fourth-order valence-electron chi connectivity index (χ4n) is 1.46. The lowest BCUT2D eigenvalue weighted by Gasteiger charge is -2.08. The van der Waals surface area contributed by atoms with Gasteiger partial charge >= 0.3 is 0 Å². The summed E-state index contributed by atoms with van der Waals surface area (Å²) in [5.74, 6) is -0.149. The third kappa shape index (κ3) is 3.28. The first-order valence-electron chi connectivity index (χ1n) is 5.55. The van der Waals surface area contributed by atoms with Crippen molar-refractivity contribution in [2.75, 3.05) is 11.7 Å². The van der Waals surface area contributed by atoms with Gasteiger partial charge in [0.2, 0.25) is 0 Å². The molecule has 0 aliphatic carbocycles. The first-order chi connectivity index (χ1) is 8.79. The SMILES string of the molecule is CSc1ccc(NNC(=O)c2ccccc2)cc1. The normalized spacial score (nSPS) is 9.83. The molecule has 0 heterocycles. The summed E-state index contributed by atoms with van der Waals surface area (Å²) in [4.78, 5) is 13.0. The van der Waals surface area contributed by atoms with E-state index in [2.05, 4.69) is 10.9 Å². The van der Waals surface area contributed by atoms with Crippen LogP contribution in [-0.4, -0.2) is 12.2 Å². The highest BCUT2D eigenvalue weighted by Crippen LogP contribution is 2.16. The van der Waals surface area contributed by atoms with E-state index in [0.29, 0.717) is 5.56 Å². The van der Waals surface area contributed by atoms with Gasteiger partial charge in [-0.15, -0.1) is 11.8 Å². The van der Waals surface area contributed by atoms with Crippen LogP contribution in [0, 0.1) is 0 Å². The van der Waals surface area contributed by atoms with Crippen LogP contribution in [0.5, 0.6) is 0 Å². The Bertz CT molecular complexity index is 511. The van der Waals surface area contributed by atoms with Gasteiger partial charge in [0.1, 0.15) is 0 Å². The Balaban J connectivity index is 1.93. The smallest absolute Gasteiger partial charge is 0.269 e. The number of thioether (sulfide) groups is 1. The van der Waals surface area contributed by atoms with Crippen LogP contribution < -0.4 is 10.9 Å². The van der Waals surface area contributed by atoms with Crippen molar-refractivity contribution in [2.45, 2.75) is 4.90 Å². The van der Waals surface area contributed by atoms with Crippen molar-refractivity contribution >= 4 is 23.4 Å². The molecule has 4 heteroatoms. The average molecular weight is 258 g/mol. The molecule has 0 bridgehead atoms. The molecule has 2 rings (SSSR count). The fraction of sp³-hybridized carbons (Fsp3) is 0.0714. The standard InChI is InChI=1S/C14H14N2OS/c1-18-13-9-7-12(8-10-13)15-16-14(17)11-5-3-2-4-6-11/h2-10,15H,1H3,(H,16,17). The zero-order valence-electron chi connectivity index (χ0n) is 10.0. The Hall–Kier alpha value is -1.94. The molecule has 2 N–H and O–H groups in total. The Morgan fingerprint density at radius 1 is 1.00 bits per heavy atom. The molecule has 0 aromatic heterocycles. The van der Waals surface area contributed by atoms with Gasteiger partial charge in [0.25, 0.3) is 5.91 Å². The van der Waals surface area contributed by atoms with Crippen LogP contribution in [0.4, 0.5) is 5.69 Å². The maximum Gasteiger partial charge on any atom is 0.269 e. The quantitative estimate of drug-likeness (QED) is 0.654. The third-order valence-corrected chi connectivity index (χ3v) is 3.19. The summed E-state index contributed by atoms with van der Waals surface area (Å²) in [5, 5.41) is 0. The first kappa shape index (κ1) is 12.5. The summed E-state index contributed by atoms with van der Waals surface area (Å²) in [5.41, 5.74) is 7.03. The van der Waals surface area contributed by atoms with Crippen LogP contribution >= 0.6 is 11.8 Å². The molecular weight excluding hydrogens is 244 g/mol. The molecule has 0 aliphatic rings. The van der Waals surface area contributed by atoms with Crippen molar-refractivity contribution in [3.63, 3.8) is 0 Å². The van der Waals surface area contributed by atoms with Crippen molar-refractivity contribution in [2.24, 2.45) is 0 Å². The predicted octanol–water partition coefficient (Wildman–Crippen LogP) is 3.17. The van der Waals surface area contributed by atoms with Gasteiger partial charge in [-0.25, -0.2) is 0 Å². The van der Waals surface area contributed by atoms with Crippen LogP contribution in [0.3, 0.4) is 0 Å². The predicted molar refractivity (Wildman–Crippen MR) is 75.8 cm³/mol. The van der Waals surface area contributed by atoms with Crippen LogP contribution in [0.2, 0.25) is 0 Å². The van der Waals surface area contributed by atoms with Crippen molar-refractivity contribution in [3.05, 3.63) is 60.2 Å². The molecule has 92 valence electrons. The second-order valence-corrected chi connectivity index (χ2v) is 4.55. The number of hydrogen-bond donors (Lipinski definition) is 2. The van der Waals surface area contributed by atoms with E-state index in [9.17, 15) is 4.79 Å². The Kier molecular flexibility index (Phi) is 4.25. The van der Waals surface area contributed by atoms with E-state index in [4.69, 9.17) is 0 Å². The minimum Gasteiger partial charge on any atom is -0.298 e. The molecule has 3 nitrogen and oxygen atoms in total. The lowest BCUT2D eigenvalue weighted by molar-refractivity contribution is 0.0962. The molecule has 0 spiro atoms. The molecule has 0 saturated carbocycles. The fourth-order valence-corrected chi connectivity index (χ4v) is 1.87. The van der Waals surface area contributed by atoms with E-state index < -0.39 is 0 Å². The first-order valence-corrected chi connectivity index (χ1v) is 6.77. The van der Waals surface area contributed by atoms with E-state index in [1.807, 2.05) is 48.7 Å². The number of amides is 1. The van der Waals surface area contributed by atoms with Crippen molar-refractivity contribution in [3.8, 4) is 0 Å². The highest BCUT2D eigenvalue weighted by molar-refractivity contribution is 7.98. The van der Waals surface area contributed by atoms with Gasteiger partial charge in [0.05, 0.1) is 5.69 Å². The summed E-state index contributed by atoms with van der Waals surface area (Å²) in [6.07, 6.45) is 2.03. The molecule has 0 saturated heterocycles. The highest BCUT2D eigenvalue weighted by atomic mass is 32.2. The van der Waals surface area contributed by atoms with Crippen LogP contribution in [-0.2, 0) is 0 Å². The lowest BCUT2D eigenvalue weighted by Crippen LogP contribution is -2.29. The number of nitrogens with one attached hydrogen (secondary N) is 2. The molecule has 0 fully saturated rings. The molecule has 0 radical (unpaired) electrons. The number of hydrazine groups is 1. The number of carbonyl (C=O) groups excluding carboxylic acids is 1. The molecule has 2 aromatic rings. The molecule has 0 aliphatic heterocycles. The molecule has 0 unspecified atom stereocenters. The van der Waals surface area contributed by atoms with Crippen LogP contribution in [0.15, 0.2) is 59.5 Å². The lowest BCUT2D eigenvalue weighted by atomic mass is 10.2. The van der Waals surface area contributed by atoms with E-state index >= 15 is 0 Å². The van der Waals surface area contributed by atoms with Gasteiger partial charge in [-0.2, -0.15) is 0 Å². The molecular formula is C14H14N2OS. The Morgan fingerprint density at radius 2 is 1.67 bits per heavy atom. The average Bonchev–Trinajstić information content (AvgIpc) is 2.46. The Labute approximate surface area is 111 Å². The minimum absolute atomic E-state index is 0.149. The van der Waals surface area contributed by atoms with Gasteiger partial charge < -0.3 is 0 Å². The van der Waals surface area contributed by atoms with E-state index in [1.54, 1.807) is 23.9 Å². The minimum atomic E-state index is -0.149. The van der Waals surface area contributed by atoms with Crippen LogP contribution in [0.1, 0.15) is 10.4 Å². The number of hydrogen-bond acceptors (Lipinski definition) is 3. The summed E-state index contributed by atoms with van der Waals surface area (Å²) in [6, 6.07) is 17.0. The van der Waals surface area contributed by atoms with Gasteiger partial charge in [-0.05, 0) is 42.7 Å². The summed E-state index contributed by atoms with van der Waals surface area (Å²) < 4.78 is 0. The maximum absolute atomic E-state index is 11.8. The largest absolute Gasteiger partial charge is 0.298 e. The number of anilines is 1. The topological polar surface area (TPSA) is 41.1 Å². The third-order valence-electron chi connectivity index (χ3n) is 2.45. The highest BCUT2D eigenvalue weighted by Gasteiger charge is 2.02. The second-order valence-electron chi connectivity index (χ2n) is 3.67. The molecule has 1 amide bonds. The van der Waals surface area contributed by atoms with Gasteiger partial charge in [-0.3, -0.25) is 15.6 Å². The number of rotatable bonds is 4. The van der Waals surface area contributed by atoms with E-state index in [-0.39, 0.29) is 5.91 Å². The number of carbonyl (C=O) groups is 1. The van der Waals surface area contributed by atoms with Gasteiger partial charge in [0.15, 0.2) is 0 Å². The summed E-state index contributed by atoms with van der Waals surface area (Å²) >= 11 is 1.68. The summed E-state index contributed by atoms with van der Waals surface area (Å²) in [6.45, 7) is 0. The molecule has 2 aromatic carbocycles. The number of benzene rings is 2. The zero-order chi connectivity index (χ0) is 12.8. The molecule has 18 heavy (non-hydrogen) atoms.